The Bertz CT molecular complexity index is 1230. The van der Waals surface area contributed by atoms with Gasteiger partial charge < -0.3 is 9.30 Å². The standard InChI is InChI=1S/C30H39FNO2P/c1-20-9-12-28(31)27(15-20)25-11-10-23(16-26(25)22(3)30(4,5)6)18-34-29-17-24(13-14-32-29)21(2)19-35(7,8)33/h9-17,21-22H,18-19H2,1-8H3/t21-,22-/m1/s1. The van der Waals surface area contributed by atoms with E-state index in [2.05, 4.69) is 45.7 Å². The highest BCUT2D eigenvalue weighted by Crippen LogP contribution is 2.42. The van der Waals surface area contributed by atoms with Crippen molar-refractivity contribution in [3.8, 4) is 17.0 Å². The molecule has 188 valence electrons. The molecular weight excluding hydrogens is 456 g/mol. The first-order valence-corrected chi connectivity index (χ1v) is 15.1. The average molecular weight is 496 g/mol. The molecule has 3 aromatic rings. The molecule has 3 nitrogen and oxygen atoms in total. The van der Waals surface area contributed by atoms with Gasteiger partial charge in [0, 0.05) is 24.0 Å². The molecule has 1 aromatic heterocycles. The number of rotatable bonds is 8. The molecule has 3 rings (SSSR count). The highest BCUT2D eigenvalue weighted by atomic mass is 31.2. The van der Waals surface area contributed by atoms with Crippen LogP contribution in [0.15, 0.2) is 54.7 Å². The summed E-state index contributed by atoms with van der Waals surface area (Å²) in [6.45, 7) is 16.9. The lowest BCUT2D eigenvalue weighted by molar-refractivity contribution is 0.292. The van der Waals surface area contributed by atoms with Crippen LogP contribution in [0.25, 0.3) is 11.1 Å². The van der Waals surface area contributed by atoms with Crippen LogP contribution in [0.5, 0.6) is 5.88 Å². The molecule has 0 radical (unpaired) electrons. The van der Waals surface area contributed by atoms with Gasteiger partial charge in [0.15, 0.2) is 0 Å². The van der Waals surface area contributed by atoms with Crippen LogP contribution in [-0.4, -0.2) is 24.5 Å². The van der Waals surface area contributed by atoms with E-state index in [1.54, 1.807) is 18.3 Å². The van der Waals surface area contributed by atoms with Crippen molar-refractivity contribution in [3.63, 3.8) is 0 Å². The van der Waals surface area contributed by atoms with E-state index in [-0.39, 0.29) is 23.1 Å². The van der Waals surface area contributed by atoms with E-state index in [0.717, 1.165) is 27.8 Å². The number of nitrogens with zero attached hydrogens (tertiary/aromatic N) is 1. The Morgan fingerprint density at radius 3 is 2.37 bits per heavy atom. The van der Waals surface area contributed by atoms with E-state index in [1.807, 2.05) is 50.6 Å². The maximum atomic E-state index is 14.8. The lowest BCUT2D eigenvalue weighted by atomic mass is 9.75. The fourth-order valence-electron chi connectivity index (χ4n) is 4.35. The van der Waals surface area contributed by atoms with Crippen LogP contribution in [0.4, 0.5) is 4.39 Å². The number of aryl methyl sites for hydroxylation is 1. The maximum Gasteiger partial charge on any atom is 0.213 e. The SMILES string of the molecule is Cc1ccc(F)c(-c2ccc(COc3cc([C@H](C)CP(C)(C)=O)ccn3)cc2[C@@H](C)C(C)(C)C)c1. The van der Waals surface area contributed by atoms with Gasteiger partial charge in [0.2, 0.25) is 5.88 Å². The van der Waals surface area contributed by atoms with Crippen LogP contribution in [0.2, 0.25) is 0 Å². The number of aromatic nitrogens is 1. The molecule has 2 aromatic carbocycles. The Hall–Kier alpha value is -2.45. The molecule has 0 unspecified atom stereocenters. The largest absolute Gasteiger partial charge is 0.473 e. The summed E-state index contributed by atoms with van der Waals surface area (Å²) >= 11 is 0. The van der Waals surface area contributed by atoms with Gasteiger partial charge in [-0.2, -0.15) is 0 Å². The van der Waals surface area contributed by atoms with Crippen molar-refractivity contribution in [2.24, 2.45) is 5.41 Å². The van der Waals surface area contributed by atoms with Crippen molar-refractivity contribution in [2.75, 3.05) is 19.5 Å². The maximum absolute atomic E-state index is 14.8. The summed E-state index contributed by atoms with van der Waals surface area (Å²) in [7, 11) is -2.12. The molecular formula is C30H39FNO2P. The molecule has 0 aliphatic rings. The van der Waals surface area contributed by atoms with E-state index in [9.17, 15) is 8.96 Å². The number of hydrogen-bond acceptors (Lipinski definition) is 3. The fraction of sp³-hybridized carbons (Fsp3) is 0.433. The summed E-state index contributed by atoms with van der Waals surface area (Å²) in [5.74, 6) is 0.721. The second-order valence-corrected chi connectivity index (χ2v) is 14.9. The molecule has 0 saturated carbocycles. The molecule has 0 aliphatic carbocycles. The highest BCUT2D eigenvalue weighted by Gasteiger charge is 2.25. The Morgan fingerprint density at radius 1 is 1.00 bits per heavy atom. The van der Waals surface area contributed by atoms with Crippen LogP contribution in [0.1, 0.15) is 68.7 Å². The van der Waals surface area contributed by atoms with E-state index >= 15 is 0 Å². The molecule has 0 amide bonds. The van der Waals surface area contributed by atoms with Crippen molar-refractivity contribution in [1.82, 2.24) is 4.98 Å². The number of ether oxygens (including phenoxy) is 1. The number of benzene rings is 2. The molecule has 0 bridgehead atoms. The minimum atomic E-state index is -2.12. The van der Waals surface area contributed by atoms with Crippen LogP contribution in [-0.2, 0) is 11.2 Å². The smallest absolute Gasteiger partial charge is 0.213 e. The molecule has 0 fully saturated rings. The Labute approximate surface area is 210 Å². The Morgan fingerprint density at radius 2 is 1.71 bits per heavy atom. The van der Waals surface area contributed by atoms with Crippen LogP contribution < -0.4 is 4.74 Å². The molecule has 0 saturated heterocycles. The first-order valence-electron chi connectivity index (χ1n) is 12.3. The van der Waals surface area contributed by atoms with Gasteiger partial charge in [-0.15, -0.1) is 0 Å². The lowest BCUT2D eigenvalue weighted by Crippen LogP contribution is -2.16. The zero-order valence-corrected chi connectivity index (χ0v) is 23.2. The first kappa shape index (κ1) is 27.1. The summed E-state index contributed by atoms with van der Waals surface area (Å²) in [4.78, 5) is 4.38. The van der Waals surface area contributed by atoms with Crippen molar-refractivity contribution in [3.05, 3.63) is 82.8 Å². The van der Waals surface area contributed by atoms with Gasteiger partial charge in [0.1, 0.15) is 12.4 Å². The number of halogens is 1. The van der Waals surface area contributed by atoms with Gasteiger partial charge in [0.25, 0.3) is 0 Å². The van der Waals surface area contributed by atoms with Crippen molar-refractivity contribution in [2.45, 2.75) is 60.0 Å². The third-order valence-electron chi connectivity index (χ3n) is 6.72. The minimum Gasteiger partial charge on any atom is -0.473 e. The van der Waals surface area contributed by atoms with Crippen LogP contribution in [0.3, 0.4) is 0 Å². The zero-order chi connectivity index (χ0) is 26.0. The first-order chi connectivity index (χ1) is 16.2. The summed E-state index contributed by atoms with van der Waals surface area (Å²) in [5.41, 5.74) is 5.81. The monoisotopic (exact) mass is 495 g/mol. The van der Waals surface area contributed by atoms with Gasteiger partial charge in [-0.3, -0.25) is 0 Å². The van der Waals surface area contributed by atoms with Gasteiger partial charge in [-0.1, -0.05) is 64.4 Å². The predicted octanol–water partition coefficient (Wildman–Crippen LogP) is 8.65. The van der Waals surface area contributed by atoms with Gasteiger partial charge >= 0.3 is 0 Å². The topological polar surface area (TPSA) is 39.2 Å². The molecule has 5 heteroatoms. The molecule has 1 heterocycles. The van der Waals surface area contributed by atoms with Crippen molar-refractivity contribution in [1.29, 1.82) is 0 Å². The average Bonchev–Trinajstić information content (AvgIpc) is 2.77. The summed E-state index contributed by atoms with van der Waals surface area (Å²) in [6, 6.07) is 15.3. The second-order valence-electron chi connectivity index (χ2n) is 11.4. The summed E-state index contributed by atoms with van der Waals surface area (Å²) < 4.78 is 33.1. The van der Waals surface area contributed by atoms with E-state index in [4.69, 9.17) is 4.74 Å². The third-order valence-corrected chi connectivity index (χ3v) is 8.15. The van der Waals surface area contributed by atoms with E-state index < -0.39 is 7.14 Å². The second kappa shape index (κ2) is 10.7. The van der Waals surface area contributed by atoms with E-state index in [1.165, 1.54) is 0 Å². The Kier molecular flexibility index (Phi) is 8.27. The van der Waals surface area contributed by atoms with Gasteiger partial charge in [-0.25, -0.2) is 9.37 Å². The minimum absolute atomic E-state index is 0.0124. The molecule has 0 spiro atoms. The lowest BCUT2D eigenvalue weighted by Gasteiger charge is -2.30. The van der Waals surface area contributed by atoms with Crippen molar-refractivity contribution < 1.29 is 13.7 Å². The van der Waals surface area contributed by atoms with Crippen LogP contribution in [0, 0.1) is 18.2 Å². The number of pyridine rings is 1. The fourth-order valence-corrected chi connectivity index (χ4v) is 5.88. The van der Waals surface area contributed by atoms with Crippen molar-refractivity contribution >= 4 is 7.14 Å². The third kappa shape index (κ3) is 7.27. The van der Waals surface area contributed by atoms with E-state index in [0.29, 0.717) is 24.2 Å². The highest BCUT2D eigenvalue weighted by molar-refractivity contribution is 7.62. The van der Waals surface area contributed by atoms with Crippen LogP contribution >= 0.6 is 7.14 Å². The molecule has 0 N–H and O–H groups in total. The summed E-state index contributed by atoms with van der Waals surface area (Å²) in [6.07, 6.45) is 2.40. The molecule has 2 atom stereocenters. The predicted molar refractivity (Wildman–Crippen MR) is 146 cm³/mol. The normalized spacial score (nSPS) is 14.0. The molecule has 0 aliphatic heterocycles. The van der Waals surface area contributed by atoms with Gasteiger partial charge in [-0.05, 0) is 78.0 Å². The zero-order valence-electron chi connectivity index (χ0n) is 22.4. The van der Waals surface area contributed by atoms with Gasteiger partial charge in [0.05, 0.1) is 7.14 Å². The Balaban J connectivity index is 1.90. The number of hydrogen-bond donors (Lipinski definition) is 0. The summed E-state index contributed by atoms with van der Waals surface area (Å²) in [5, 5.41) is 0. The molecule has 35 heavy (non-hydrogen) atoms. The quantitative estimate of drug-likeness (QED) is 0.294.